The van der Waals surface area contributed by atoms with Crippen LogP contribution in [0.1, 0.15) is 19.3 Å². The van der Waals surface area contributed by atoms with Crippen LogP contribution in [0.4, 0.5) is 0 Å². The number of epoxide rings is 3. The lowest BCUT2D eigenvalue weighted by atomic mass is 9.87. The third-order valence-electron chi connectivity index (χ3n) is 3.74. The van der Waals surface area contributed by atoms with E-state index in [-0.39, 0.29) is 5.60 Å². The van der Waals surface area contributed by atoms with Gasteiger partial charge in [-0.15, -0.1) is 0 Å². The van der Waals surface area contributed by atoms with Gasteiger partial charge >= 0.3 is 9.53 Å². The summed E-state index contributed by atoms with van der Waals surface area (Å²) >= 11 is 0. The van der Waals surface area contributed by atoms with Crippen LogP contribution in [-0.2, 0) is 27.5 Å². The molecule has 3 atom stereocenters. The minimum atomic E-state index is -2.08. The highest BCUT2D eigenvalue weighted by Gasteiger charge is 2.48. The molecule has 0 amide bonds. The van der Waals surface area contributed by atoms with E-state index in [1.165, 1.54) is 0 Å². The van der Waals surface area contributed by atoms with E-state index in [9.17, 15) is 0 Å². The molecule has 0 spiro atoms. The van der Waals surface area contributed by atoms with E-state index in [0.717, 1.165) is 39.1 Å². The molecule has 3 saturated heterocycles. The maximum Gasteiger partial charge on any atom is 0.484 e. The van der Waals surface area contributed by atoms with Crippen molar-refractivity contribution < 1.29 is 27.5 Å². The Bertz CT molecular complexity index is 263. The molecule has 0 radical (unpaired) electrons. The molecule has 0 saturated carbocycles. The van der Waals surface area contributed by atoms with Gasteiger partial charge in [0.15, 0.2) is 0 Å². The predicted molar refractivity (Wildman–Crippen MR) is 68.1 cm³/mol. The Morgan fingerprint density at radius 1 is 0.895 bits per heavy atom. The fourth-order valence-electron chi connectivity index (χ4n) is 2.59. The van der Waals surface area contributed by atoms with Crippen LogP contribution in [0.25, 0.3) is 0 Å². The number of ether oxygens (including phenoxy) is 3. The van der Waals surface area contributed by atoms with Gasteiger partial charge in [-0.25, -0.2) is 0 Å². The predicted octanol–water partition coefficient (Wildman–Crippen LogP) is 0.118. The Labute approximate surface area is 115 Å². The van der Waals surface area contributed by atoms with Gasteiger partial charge in [0.2, 0.25) is 0 Å². The Morgan fingerprint density at radius 2 is 1.26 bits per heavy atom. The summed E-state index contributed by atoms with van der Waals surface area (Å²) in [5.74, 6) is 0. The fraction of sp³-hybridized carbons (Fsp3) is 1.00. The van der Waals surface area contributed by atoms with Crippen LogP contribution in [0.3, 0.4) is 0 Å². The quantitative estimate of drug-likeness (QED) is 0.420. The number of hydrogen-bond donors (Lipinski definition) is 0. The number of rotatable bonds is 10. The van der Waals surface area contributed by atoms with Gasteiger partial charge in [-0.2, -0.15) is 0 Å². The zero-order chi connectivity index (χ0) is 13.3. The van der Waals surface area contributed by atoms with Gasteiger partial charge in [-0.05, 0) is 0 Å². The van der Waals surface area contributed by atoms with E-state index in [0.29, 0.717) is 18.3 Å². The van der Waals surface area contributed by atoms with Crippen LogP contribution in [-0.4, -0.2) is 67.5 Å². The minimum absolute atomic E-state index is 0.285. The highest BCUT2D eigenvalue weighted by atomic mass is 28.3. The molecule has 0 bridgehead atoms. The number of hydrogen-bond acceptors (Lipinski definition) is 6. The lowest BCUT2D eigenvalue weighted by molar-refractivity contribution is -0.0279. The van der Waals surface area contributed by atoms with Crippen molar-refractivity contribution in [3.8, 4) is 0 Å². The zero-order valence-corrected chi connectivity index (χ0v) is 12.7. The first-order chi connectivity index (χ1) is 9.23. The average molecular weight is 290 g/mol. The molecule has 0 aromatic carbocycles. The first-order valence-electron chi connectivity index (χ1n) is 6.81. The fourth-order valence-corrected chi connectivity index (χ4v) is 3.68. The van der Waals surface area contributed by atoms with Gasteiger partial charge in [0, 0.05) is 33.5 Å². The summed E-state index contributed by atoms with van der Waals surface area (Å²) < 4.78 is 33.1. The van der Waals surface area contributed by atoms with Crippen molar-refractivity contribution in [2.45, 2.75) is 43.2 Å². The Morgan fingerprint density at radius 3 is 1.53 bits per heavy atom. The molecule has 3 aliphatic heterocycles. The van der Waals surface area contributed by atoms with Gasteiger partial charge in [0.25, 0.3) is 0 Å². The lowest BCUT2D eigenvalue weighted by Gasteiger charge is -2.35. The molecule has 3 heterocycles. The molecule has 110 valence electrons. The molecule has 0 aromatic heterocycles. The van der Waals surface area contributed by atoms with E-state index in [4.69, 9.17) is 27.5 Å². The van der Waals surface area contributed by atoms with E-state index in [2.05, 4.69) is 0 Å². The van der Waals surface area contributed by atoms with E-state index in [1.54, 1.807) is 14.2 Å². The highest BCUT2D eigenvalue weighted by Crippen LogP contribution is 2.40. The summed E-state index contributed by atoms with van der Waals surface area (Å²) in [4.78, 5) is 0. The van der Waals surface area contributed by atoms with Crippen molar-refractivity contribution in [2.24, 2.45) is 0 Å². The van der Waals surface area contributed by atoms with Gasteiger partial charge in [-0.1, -0.05) is 0 Å². The lowest BCUT2D eigenvalue weighted by Crippen LogP contribution is -2.44. The molecule has 3 unspecified atom stereocenters. The van der Waals surface area contributed by atoms with Crippen molar-refractivity contribution in [3.05, 3.63) is 0 Å². The Balaban J connectivity index is 1.67. The van der Waals surface area contributed by atoms with Gasteiger partial charge < -0.3 is 27.5 Å². The molecule has 3 rings (SSSR count). The van der Waals surface area contributed by atoms with Gasteiger partial charge in [-0.3, -0.25) is 0 Å². The molecule has 6 nitrogen and oxygen atoms in total. The van der Waals surface area contributed by atoms with Gasteiger partial charge in [0.1, 0.15) is 0 Å². The first kappa shape index (κ1) is 13.9. The summed E-state index contributed by atoms with van der Waals surface area (Å²) in [6.45, 7) is 2.48. The largest absolute Gasteiger partial charge is 0.484 e. The molecule has 7 heteroatoms. The molecule has 3 fully saturated rings. The topological polar surface area (TPSA) is 65.3 Å². The van der Waals surface area contributed by atoms with E-state index >= 15 is 0 Å². The van der Waals surface area contributed by atoms with Crippen molar-refractivity contribution in [3.63, 3.8) is 0 Å². The van der Waals surface area contributed by atoms with Crippen molar-refractivity contribution in [2.75, 3.05) is 34.0 Å². The molecule has 3 aliphatic rings. The molecule has 0 N–H and O–H groups in total. The van der Waals surface area contributed by atoms with Crippen LogP contribution in [0.15, 0.2) is 0 Å². The monoisotopic (exact) mass is 290 g/mol. The maximum absolute atomic E-state index is 6.24. The highest BCUT2D eigenvalue weighted by molar-refractivity contribution is 6.36. The van der Waals surface area contributed by atoms with Crippen LogP contribution in [0.2, 0.25) is 0 Å². The van der Waals surface area contributed by atoms with Gasteiger partial charge in [0.05, 0.1) is 43.7 Å². The minimum Gasteiger partial charge on any atom is -0.379 e. The van der Waals surface area contributed by atoms with Crippen molar-refractivity contribution >= 4 is 9.53 Å². The van der Waals surface area contributed by atoms with Crippen LogP contribution < -0.4 is 0 Å². The summed E-state index contributed by atoms with van der Waals surface area (Å²) in [5.41, 5.74) is -0.285. The second-order valence-electron chi connectivity index (χ2n) is 5.54. The molecular weight excluding hydrogens is 268 g/mol. The maximum atomic E-state index is 6.24. The molecule has 19 heavy (non-hydrogen) atoms. The third kappa shape index (κ3) is 4.22. The Kier molecular flexibility index (Phi) is 4.23. The van der Waals surface area contributed by atoms with E-state index < -0.39 is 9.53 Å². The molecular formula is C12H22O6Si. The molecule has 0 aliphatic carbocycles. The smallest absolute Gasteiger partial charge is 0.379 e. The first-order valence-corrected chi connectivity index (χ1v) is 8.23. The van der Waals surface area contributed by atoms with Crippen molar-refractivity contribution in [1.82, 2.24) is 0 Å². The molecule has 0 aromatic rings. The summed E-state index contributed by atoms with van der Waals surface area (Å²) in [6, 6.07) is 0. The van der Waals surface area contributed by atoms with Crippen LogP contribution in [0.5, 0.6) is 0 Å². The summed E-state index contributed by atoms with van der Waals surface area (Å²) in [7, 11) is 1.20. The normalized spacial score (nSPS) is 35.2. The summed E-state index contributed by atoms with van der Waals surface area (Å²) in [5, 5.41) is 0. The van der Waals surface area contributed by atoms with Crippen molar-refractivity contribution in [1.29, 1.82) is 0 Å². The second-order valence-corrected chi connectivity index (χ2v) is 7.30. The SMILES string of the molecule is CO[SiH](OC)OC(CC1CO1)(CC1CO1)CC1CO1. The standard InChI is InChI=1S/C12H22O6Si/c1-13-19(14-2)18-12(3-9-6-15-9,4-10-7-16-10)5-11-8-17-11/h9-11,19H,3-8H2,1-2H3. The zero-order valence-electron chi connectivity index (χ0n) is 11.5. The van der Waals surface area contributed by atoms with Crippen LogP contribution in [0, 0.1) is 0 Å². The average Bonchev–Trinajstić information content (AvgIpc) is 3.21. The van der Waals surface area contributed by atoms with Crippen LogP contribution >= 0.6 is 0 Å². The Hall–Kier alpha value is -0.0231. The third-order valence-corrected chi connectivity index (χ3v) is 5.20. The second kappa shape index (κ2) is 5.77. The summed E-state index contributed by atoms with van der Waals surface area (Å²) in [6.07, 6.45) is 3.55. The van der Waals surface area contributed by atoms with E-state index in [1.807, 2.05) is 0 Å².